The van der Waals surface area contributed by atoms with E-state index in [0.29, 0.717) is 14.8 Å². The topological polar surface area (TPSA) is 97.2 Å². The number of rotatable bonds is 5. The summed E-state index contributed by atoms with van der Waals surface area (Å²) in [6.07, 6.45) is 3.01. The van der Waals surface area contributed by atoms with Gasteiger partial charge >= 0.3 is 0 Å². The fourth-order valence-electron chi connectivity index (χ4n) is 2.29. The van der Waals surface area contributed by atoms with Gasteiger partial charge < -0.3 is 5.32 Å². The van der Waals surface area contributed by atoms with Crippen LogP contribution in [0.3, 0.4) is 0 Å². The van der Waals surface area contributed by atoms with Gasteiger partial charge in [-0.05, 0) is 65.1 Å². The number of anilines is 1. The highest BCUT2D eigenvalue weighted by Gasteiger charge is 2.20. The number of aromatic nitrogens is 3. The molecule has 0 saturated carbocycles. The number of amides is 1. The number of hydrogen-bond donors (Lipinski definition) is 1. The summed E-state index contributed by atoms with van der Waals surface area (Å²) in [5.74, 6) is -0.385. The number of halogens is 1. The molecule has 0 spiro atoms. The van der Waals surface area contributed by atoms with Crippen LogP contribution in [0.2, 0.25) is 0 Å². The molecule has 0 radical (unpaired) electrons. The number of sulfonamides is 1. The van der Waals surface area contributed by atoms with Crippen molar-refractivity contribution in [1.29, 1.82) is 0 Å². The van der Waals surface area contributed by atoms with E-state index in [2.05, 4.69) is 15.4 Å². The number of nitrogens with zero attached hydrogens (tertiary/aromatic N) is 4. The van der Waals surface area contributed by atoms with E-state index in [1.165, 1.54) is 32.6 Å². The van der Waals surface area contributed by atoms with Crippen LogP contribution in [-0.2, 0) is 10.0 Å². The molecular weight excluding hydrogens is 481 g/mol. The maximum absolute atomic E-state index is 12.6. The van der Waals surface area contributed by atoms with E-state index in [1.54, 1.807) is 41.3 Å². The van der Waals surface area contributed by atoms with Crippen LogP contribution in [0.5, 0.6) is 0 Å². The Morgan fingerprint density at radius 1 is 1.15 bits per heavy atom. The van der Waals surface area contributed by atoms with E-state index >= 15 is 0 Å². The lowest BCUT2D eigenvalue weighted by Gasteiger charge is -2.13. The zero-order valence-corrected chi connectivity index (χ0v) is 17.5. The maximum Gasteiger partial charge on any atom is 0.256 e. The van der Waals surface area contributed by atoms with E-state index in [4.69, 9.17) is 0 Å². The molecule has 1 N–H and O–H groups in total. The van der Waals surface area contributed by atoms with Crippen LogP contribution < -0.4 is 5.32 Å². The Labute approximate surface area is 170 Å². The highest BCUT2D eigenvalue weighted by molar-refractivity contribution is 14.1. The molecule has 0 fully saturated rings. The van der Waals surface area contributed by atoms with E-state index in [0.717, 1.165) is 9.99 Å². The number of hydrogen-bond acceptors (Lipinski definition) is 5. The summed E-state index contributed by atoms with van der Waals surface area (Å²) in [6, 6.07) is 11.5. The van der Waals surface area contributed by atoms with Gasteiger partial charge in [-0.3, -0.25) is 4.79 Å². The summed E-state index contributed by atoms with van der Waals surface area (Å²) in [4.78, 5) is 16.6. The largest absolute Gasteiger partial charge is 0.322 e. The highest BCUT2D eigenvalue weighted by atomic mass is 127. The van der Waals surface area contributed by atoms with Crippen LogP contribution in [0.25, 0.3) is 5.69 Å². The van der Waals surface area contributed by atoms with Gasteiger partial charge in [0.1, 0.15) is 12.7 Å². The molecular formula is C17H16IN5O3S. The average Bonchev–Trinajstić information content (AvgIpc) is 3.17. The normalized spacial score (nSPS) is 11.6. The molecule has 0 aliphatic rings. The van der Waals surface area contributed by atoms with Crippen LogP contribution in [0.15, 0.2) is 60.0 Å². The fraction of sp³-hybridized carbons (Fsp3) is 0.118. The Morgan fingerprint density at radius 3 is 2.44 bits per heavy atom. The molecule has 0 saturated heterocycles. The van der Waals surface area contributed by atoms with Crippen molar-refractivity contribution in [2.24, 2.45) is 0 Å². The predicted molar refractivity (Wildman–Crippen MR) is 109 cm³/mol. The summed E-state index contributed by atoms with van der Waals surface area (Å²) in [6.45, 7) is 0. The van der Waals surface area contributed by atoms with Gasteiger partial charge in [-0.25, -0.2) is 22.4 Å². The molecule has 8 nitrogen and oxygen atoms in total. The Morgan fingerprint density at radius 2 is 1.85 bits per heavy atom. The summed E-state index contributed by atoms with van der Waals surface area (Å²) >= 11 is 2.01. The van der Waals surface area contributed by atoms with Gasteiger partial charge in [0.05, 0.1) is 16.1 Å². The van der Waals surface area contributed by atoms with Crippen molar-refractivity contribution < 1.29 is 13.2 Å². The van der Waals surface area contributed by atoms with E-state index in [-0.39, 0.29) is 10.8 Å². The zero-order valence-electron chi connectivity index (χ0n) is 14.5. The second-order valence-electron chi connectivity index (χ2n) is 5.77. The SMILES string of the molecule is CN(C)S(=O)(=O)c1ccc(I)c(C(=O)Nc2ccc(-n3cncn3)cc2)c1. The van der Waals surface area contributed by atoms with Crippen molar-refractivity contribution in [2.45, 2.75) is 4.90 Å². The lowest BCUT2D eigenvalue weighted by molar-refractivity contribution is 0.102. The first kappa shape index (κ1) is 19.5. The zero-order chi connectivity index (χ0) is 19.6. The Bertz CT molecular complexity index is 1060. The second-order valence-corrected chi connectivity index (χ2v) is 9.08. The van der Waals surface area contributed by atoms with Gasteiger partial charge in [0.15, 0.2) is 0 Å². The summed E-state index contributed by atoms with van der Waals surface area (Å²) < 4.78 is 28.0. The van der Waals surface area contributed by atoms with Gasteiger partial charge in [0, 0.05) is 23.4 Å². The van der Waals surface area contributed by atoms with Crippen molar-refractivity contribution in [3.63, 3.8) is 0 Å². The van der Waals surface area contributed by atoms with Crippen LogP contribution in [0, 0.1) is 3.57 Å². The highest BCUT2D eigenvalue weighted by Crippen LogP contribution is 2.21. The minimum absolute atomic E-state index is 0.0691. The summed E-state index contributed by atoms with van der Waals surface area (Å²) in [5, 5.41) is 6.82. The average molecular weight is 497 g/mol. The first-order chi connectivity index (χ1) is 12.8. The Balaban J connectivity index is 1.84. The molecule has 0 bridgehead atoms. The van der Waals surface area contributed by atoms with Gasteiger partial charge in [0.2, 0.25) is 10.0 Å². The fourth-order valence-corrected chi connectivity index (χ4v) is 3.80. The van der Waals surface area contributed by atoms with Crippen LogP contribution in [0.1, 0.15) is 10.4 Å². The molecule has 3 rings (SSSR count). The quantitative estimate of drug-likeness (QED) is 0.547. The predicted octanol–water partition coefficient (Wildman–Crippen LogP) is 2.37. The van der Waals surface area contributed by atoms with Gasteiger partial charge in [-0.1, -0.05) is 0 Å². The Hall–Kier alpha value is -2.31. The lowest BCUT2D eigenvalue weighted by atomic mass is 10.2. The molecule has 1 heterocycles. The molecule has 1 aromatic heterocycles. The molecule has 0 unspecified atom stereocenters. The molecule has 27 heavy (non-hydrogen) atoms. The van der Waals surface area contributed by atoms with Crippen molar-refractivity contribution in [2.75, 3.05) is 19.4 Å². The summed E-state index contributed by atoms with van der Waals surface area (Å²) in [5.41, 5.74) is 1.68. The number of nitrogens with one attached hydrogen (secondary N) is 1. The standard InChI is InChI=1S/C17H16IN5O3S/c1-22(2)27(25,26)14-7-8-16(18)15(9-14)17(24)21-12-3-5-13(6-4-12)23-11-19-10-20-23/h3-11H,1-2H3,(H,21,24). The lowest BCUT2D eigenvalue weighted by Crippen LogP contribution is -2.23. The third kappa shape index (κ3) is 4.17. The smallest absolute Gasteiger partial charge is 0.256 e. The van der Waals surface area contributed by atoms with Gasteiger partial charge in [0.25, 0.3) is 5.91 Å². The van der Waals surface area contributed by atoms with Crippen molar-refractivity contribution in [1.82, 2.24) is 19.1 Å². The molecule has 2 aromatic carbocycles. The van der Waals surface area contributed by atoms with Crippen molar-refractivity contribution >= 4 is 44.2 Å². The van der Waals surface area contributed by atoms with Crippen LogP contribution >= 0.6 is 22.6 Å². The monoisotopic (exact) mass is 497 g/mol. The number of carbonyl (C=O) groups excluding carboxylic acids is 1. The van der Waals surface area contributed by atoms with Crippen molar-refractivity contribution in [3.05, 3.63) is 64.3 Å². The first-order valence-corrected chi connectivity index (χ1v) is 10.3. The maximum atomic E-state index is 12.6. The molecule has 0 aliphatic heterocycles. The van der Waals surface area contributed by atoms with E-state index in [1.807, 2.05) is 22.6 Å². The molecule has 0 atom stereocenters. The first-order valence-electron chi connectivity index (χ1n) is 7.77. The number of benzene rings is 2. The third-order valence-corrected chi connectivity index (χ3v) is 6.52. The van der Waals surface area contributed by atoms with Crippen LogP contribution in [-0.4, -0.2) is 47.5 Å². The summed E-state index contributed by atoms with van der Waals surface area (Å²) in [7, 11) is -0.723. The minimum Gasteiger partial charge on any atom is -0.322 e. The van der Waals surface area contributed by atoms with Gasteiger partial charge in [-0.2, -0.15) is 5.10 Å². The van der Waals surface area contributed by atoms with E-state index < -0.39 is 10.0 Å². The minimum atomic E-state index is -3.62. The third-order valence-electron chi connectivity index (χ3n) is 3.77. The van der Waals surface area contributed by atoms with E-state index in [9.17, 15) is 13.2 Å². The Kier molecular flexibility index (Phi) is 5.58. The molecule has 1 amide bonds. The second kappa shape index (κ2) is 7.74. The molecule has 140 valence electrons. The number of carbonyl (C=O) groups is 1. The molecule has 0 aliphatic carbocycles. The van der Waals surface area contributed by atoms with Crippen LogP contribution in [0.4, 0.5) is 5.69 Å². The molecule has 3 aromatic rings. The van der Waals surface area contributed by atoms with Gasteiger partial charge in [-0.15, -0.1) is 0 Å². The van der Waals surface area contributed by atoms with Crippen molar-refractivity contribution in [3.8, 4) is 5.69 Å². The molecule has 10 heteroatoms.